The number of carbonyl (C=O) groups excluding carboxylic acids is 1. The first kappa shape index (κ1) is 18.8. The SMILES string of the molecule is Cc1cc(Cl)cc(Cl)c1CC(=O)NC1COc2nccc(C(F)(F)F)c21. The summed E-state index contributed by atoms with van der Waals surface area (Å²) < 4.78 is 44.8. The van der Waals surface area contributed by atoms with Crippen molar-refractivity contribution in [1.29, 1.82) is 0 Å². The molecule has 1 aliphatic heterocycles. The Morgan fingerprint density at radius 2 is 2.12 bits per heavy atom. The van der Waals surface area contributed by atoms with Crippen LogP contribution in [0.2, 0.25) is 10.0 Å². The number of halogens is 5. The minimum absolute atomic E-state index is 0.0880. The van der Waals surface area contributed by atoms with Crippen LogP contribution in [0, 0.1) is 6.92 Å². The summed E-state index contributed by atoms with van der Waals surface area (Å²) in [6.07, 6.45) is -3.63. The number of fused-ring (bicyclic) bond motifs is 1. The fraction of sp³-hybridized carbons (Fsp3) is 0.294. The third-order valence-corrected chi connectivity index (χ3v) is 4.61. The maximum Gasteiger partial charge on any atom is 0.417 e. The Hall–Kier alpha value is -1.99. The second kappa shape index (κ2) is 6.96. The fourth-order valence-electron chi connectivity index (χ4n) is 2.87. The average Bonchev–Trinajstić information content (AvgIpc) is 2.93. The van der Waals surface area contributed by atoms with Crippen LogP contribution in [0.4, 0.5) is 13.2 Å². The van der Waals surface area contributed by atoms with Crippen LogP contribution in [0.25, 0.3) is 0 Å². The predicted molar refractivity (Wildman–Crippen MR) is 90.5 cm³/mol. The molecule has 4 nitrogen and oxygen atoms in total. The van der Waals surface area contributed by atoms with E-state index in [9.17, 15) is 18.0 Å². The Balaban J connectivity index is 1.82. The molecule has 0 saturated heterocycles. The van der Waals surface area contributed by atoms with E-state index < -0.39 is 23.7 Å². The lowest BCUT2D eigenvalue weighted by molar-refractivity contribution is -0.138. The van der Waals surface area contributed by atoms with E-state index in [1.807, 2.05) is 0 Å². The van der Waals surface area contributed by atoms with Crippen LogP contribution in [-0.4, -0.2) is 17.5 Å². The van der Waals surface area contributed by atoms with E-state index in [0.29, 0.717) is 15.6 Å². The first-order valence-corrected chi connectivity index (χ1v) is 8.35. The summed E-state index contributed by atoms with van der Waals surface area (Å²) in [5, 5.41) is 3.33. The van der Waals surface area contributed by atoms with Crippen molar-refractivity contribution in [2.45, 2.75) is 25.6 Å². The van der Waals surface area contributed by atoms with Crippen molar-refractivity contribution in [3.8, 4) is 5.88 Å². The van der Waals surface area contributed by atoms with E-state index in [4.69, 9.17) is 27.9 Å². The summed E-state index contributed by atoms with van der Waals surface area (Å²) in [5.74, 6) is -0.596. The minimum Gasteiger partial charge on any atom is -0.475 e. The van der Waals surface area contributed by atoms with Gasteiger partial charge in [-0.3, -0.25) is 4.79 Å². The highest BCUT2D eigenvalue weighted by atomic mass is 35.5. The van der Waals surface area contributed by atoms with Gasteiger partial charge < -0.3 is 10.1 Å². The van der Waals surface area contributed by atoms with Crippen LogP contribution in [-0.2, 0) is 17.4 Å². The van der Waals surface area contributed by atoms with Crippen molar-refractivity contribution < 1.29 is 22.7 Å². The maximum atomic E-state index is 13.2. The van der Waals surface area contributed by atoms with Crippen molar-refractivity contribution in [2.24, 2.45) is 0 Å². The lowest BCUT2D eigenvalue weighted by Crippen LogP contribution is -2.32. The number of amides is 1. The number of hydrogen-bond acceptors (Lipinski definition) is 3. The van der Waals surface area contributed by atoms with E-state index in [2.05, 4.69) is 10.3 Å². The van der Waals surface area contributed by atoms with Gasteiger partial charge in [0, 0.05) is 16.2 Å². The van der Waals surface area contributed by atoms with Gasteiger partial charge in [0.05, 0.1) is 23.6 Å². The van der Waals surface area contributed by atoms with Gasteiger partial charge in [-0.15, -0.1) is 0 Å². The lowest BCUT2D eigenvalue weighted by atomic mass is 10.0. The van der Waals surface area contributed by atoms with Crippen molar-refractivity contribution in [3.63, 3.8) is 0 Å². The van der Waals surface area contributed by atoms with Gasteiger partial charge in [0.2, 0.25) is 11.8 Å². The van der Waals surface area contributed by atoms with Gasteiger partial charge in [-0.05, 0) is 36.2 Å². The first-order chi connectivity index (χ1) is 12.2. The number of nitrogens with zero attached hydrogens (tertiary/aromatic N) is 1. The van der Waals surface area contributed by atoms with Crippen LogP contribution >= 0.6 is 23.2 Å². The lowest BCUT2D eigenvalue weighted by Gasteiger charge is -2.17. The second-order valence-corrected chi connectivity index (χ2v) is 6.71. The fourth-order valence-corrected chi connectivity index (χ4v) is 3.54. The van der Waals surface area contributed by atoms with Crippen LogP contribution < -0.4 is 10.1 Å². The van der Waals surface area contributed by atoms with Gasteiger partial charge in [0.1, 0.15) is 6.61 Å². The Morgan fingerprint density at radius 3 is 2.77 bits per heavy atom. The Labute approximate surface area is 157 Å². The van der Waals surface area contributed by atoms with Crippen molar-refractivity contribution in [3.05, 3.63) is 56.7 Å². The zero-order valence-corrected chi connectivity index (χ0v) is 15.0. The first-order valence-electron chi connectivity index (χ1n) is 7.59. The number of nitrogens with one attached hydrogen (secondary N) is 1. The molecule has 0 spiro atoms. The quantitative estimate of drug-likeness (QED) is 0.818. The number of ether oxygens (including phenoxy) is 1. The average molecular weight is 405 g/mol. The number of carbonyl (C=O) groups is 1. The molecule has 2 aromatic rings. The molecule has 26 heavy (non-hydrogen) atoms. The molecule has 1 amide bonds. The number of hydrogen-bond donors (Lipinski definition) is 1. The molecule has 138 valence electrons. The number of aryl methyl sites for hydroxylation is 1. The third-order valence-electron chi connectivity index (χ3n) is 4.05. The molecule has 2 heterocycles. The Morgan fingerprint density at radius 1 is 1.38 bits per heavy atom. The topological polar surface area (TPSA) is 51.2 Å². The summed E-state index contributed by atoms with van der Waals surface area (Å²) in [7, 11) is 0. The highest BCUT2D eigenvalue weighted by molar-refractivity contribution is 6.35. The van der Waals surface area contributed by atoms with E-state index in [0.717, 1.165) is 17.8 Å². The molecule has 1 N–H and O–H groups in total. The van der Waals surface area contributed by atoms with Gasteiger partial charge in [-0.1, -0.05) is 23.2 Å². The highest BCUT2D eigenvalue weighted by Gasteiger charge is 2.40. The molecule has 1 aromatic carbocycles. The third kappa shape index (κ3) is 3.73. The molecular formula is C17H13Cl2F3N2O2. The molecular weight excluding hydrogens is 392 g/mol. The molecule has 0 radical (unpaired) electrons. The molecule has 0 bridgehead atoms. The summed E-state index contributed by atoms with van der Waals surface area (Å²) in [6.45, 7) is 1.63. The Kier molecular flexibility index (Phi) is 5.03. The molecule has 1 atom stereocenters. The van der Waals surface area contributed by atoms with E-state index in [1.165, 1.54) is 6.07 Å². The normalized spacial score (nSPS) is 16.2. The van der Waals surface area contributed by atoms with Crippen LogP contribution in [0.3, 0.4) is 0 Å². The summed E-state index contributed by atoms with van der Waals surface area (Å²) in [5.41, 5.74) is 0.256. The van der Waals surface area contributed by atoms with Crippen LogP contribution in [0.1, 0.15) is 28.3 Å². The van der Waals surface area contributed by atoms with Gasteiger partial charge in [0.25, 0.3) is 0 Å². The van der Waals surface area contributed by atoms with E-state index in [1.54, 1.807) is 13.0 Å². The summed E-state index contributed by atoms with van der Waals surface area (Å²) in [4.78, 5) is 16.2. The summed E-state index contributed by atoms with van der Waals surface area (Å²) in [6, 6.07) is 3.11. The highest BCUT2D eigenvalue weighted by Crippen LogP contribution is 2.41. The standard InChI is InChI=1S/C17H13Cl2F3N2O2/c1-8-4-9(18)5-12(19)10(8)6-14(25)24-13-7-26-16-15(13)11(2-3-23-16)17(20,21)22/h2-5,13H,6-7H2,1H3,(H,24,25). The predicted octanol–water partition coefficient (Wildman–Crippen LogP) is 4.51. The number of aromatic nitrogens is 1. The van der Waals surface area contributed by atoms with E-state index >= 15 is 0 Å². The monoisotopic (exact) mass is 404 g/mol. The smallest absolute Gasteiger partial charge is 0.417 e. The van der Waals surface area contributed by atoms with Gasteiger partial charge in [-0.2, -0.15) is 13.2 Å². The van der Waals surface area contributed by atoms with Gasteiger partial charge in [-0.25, -0.2) is 4.98 Å². The number of pyridine rings is 1. The maximum absolute atomic E-state index is 13.2. The molecule has 0 saturated carbocycles. The largest absolute Gasteiger partial charge is 0.475 e. The number of benzene rings is 1. The number of alkyl halides is 3. The van der Waals surface area contributed by atoms with Crippen molar-refractivity contribution in [2.75, 3.05) is 6.61 Å². The molecule has 1 unspecified atom stereocenters. The van der Waals surface area contributed by atoms with E-state index in [-0.39, 0.29) is 24.5 Å². The molecule has 1 aromatic heterocycles. The molecule has 0 aliphatic carbocycles. The number of rotatable bonds is 3. The minimum atomic E-state index is -4.57. The Bertz CT molecular complexity index is 849. The molecule has 3 rings (SSSR count). The molecule has 9 heteroatoms. The van der Waals surface area contributed by atoms with Crippen LogP contribution in [0.5, 0.6) is 5.88 Å². The summed E-state index contributed by atoms with van der Waals surface area (Å²) >= 11 is 12.0. The zero-order chi connectivity index (χ0) is 19.1. The van der Waals surface area contributed by atoms with Gasteiger partial charge >= 0.3 is 6.18 Å². The van der Waals surface area contributed by atoms with Crippen molar-refractivity contribution >= 4 is 29.1 Å². The van der Waals surface area contributed by atoms with Gasteiger partial charge in [0.15, 0.2) is 0 Å². The molecule has 0 fully saturated rings. The van der Waals surface area contributed by atoms with Crippen LogP contribution in [0.15, 0.2) is 24.4 Å². The molecule has 1 aliphatic rings. The second-order valence-electron chi connectivity index (χ2n) is 5.87. The van der Waals surface area contributed by atoms with Crippen molar-refractivity contribution in [1.82, 2.24) is 10.3 Å². The zero-order valence-electron chi connectivity index (χ0n) is 13.5.